The lowest BCUT2D eigenvalue weighted by molar-refractivity contribution is 0.0953. The number of para-hydroxylation sites is 2. The highest BCUT2D eigenvalue weighted by molar-refractivity contribution is 5.94. The van der Waals surface area contributed by atoms with E-state index in [4.69, 9.17) is 14.5 Å². The molecule has 4 aromatic rings. The van der Waals surface area contributed by atoms with Crippen molar-refractivity contribution in [3.63, 3.8) is 0 Å². The third kappa shape index (κ3) is 6.16. The van der Waals surface area contributed by atoms with E-state index in [1.807, 2.05) is 60.7 Å². The molecule has 0 atom stereocenters. The van der Waals surface area contributed by atoms with Gasteiger partial charge in [0.15, 0.2) is 0 Å². The van der Waals surface area contributed by atoms with E-state index >= 15 is 0 Å². The number of carbonyl (C=O) groups excluding carboxylic acids is 1. The predicted octanol–water partition coefficient (Wildman–Crippen LogP) is 5.27. The molecule has 1 heterocycles. The summed E-state index contributed by atoms with van der Waals surface area (Å²) in [6.07, 6.45) is 3.59. The van der Waals surface area contributed by atoms with Crippen LogP contribution in [-0.2, 0) is 13.0 Å². The molecule has 0 aliphatic heterocycles. The number of carbonyl (C=O) groups is 1. The topological polar surface area (TPSA) is 65.4 Å². The summed E-state index contributed by atoms with van der Waals surface area (Å²) >= 11 is 0. The molecule has 0 aliphatic carbocycles. The van der Waals surface area contributed by atoms with E-state index in [0.29, 0.717) is 18.7 Å². The number of rotatable bonds is 12. The maximum Gasteiger partial charge on any atom is 0.251 e. The van der Waals surface area contributed by atoms with E-state index in [-0.39, 0.29) is 5.91 Å². The zero-order valence-corrected chi connectivity index (χ0v) is 19.6. The lowest BCUT2D eigenvalue weighted by atomic mass is 10.2. The molecule has 1 amide bonds. The smallest absolute Gasteiger partial charge is 0.251 e. The number of ether oxygens (including phenoxy) is 2. The number of hydrogen-bond donors (Lipinski definition) is 1. The van der Waals surface area contributed by atoms with E-state index < -0.39 is 0 Å². The van der Waals surface area contributed by atoms with Crippen molar-refractivity contribution in [1.82, 2.24) is 14.9 Å². The number of hydrogen-bond acceptors (Lipinski definition) is 4. The van der Waals surface area contributed by atoms with Crippen LogP contribution in [0.1, 0.15) is 35.4 Å². The summed E-state index contributed by atoms with van der Waals surface area (Å²) in [7, 11) is 1.66. The average Bonchev–Trinajstić information content (AvgIpc) is 3.24. The summed E-state index contributed by atoms with van der Waals surface area (Å²) in [6, 6.07) is 25.2. The number of methoxy groups -OCH3 is 1. The van der Waals surface area contributed by atoms with Crippen LogP contribution in [0.25, 0.3) is 11.0 Å². The Labute approximate surface area is 200 Å². The Kier molecular flexibility index (Phi) is 8.17. The first-order valence-corrected chi connectivity index (χ1v) is 11.8. The van der Waals surface area contributed by atoms with Gasteiger partial charge in [-0.1, -0.05) is 30.3 Å². The van der Waals surface area contributed by atoms with Gasteiger partial charge in [0.05, 0.1) is 24.8 Å². The van der Waals surface area contributed by atoms with Gasteiger partial charge >= 0.3 is 0 Å². The molecule has 0 saturated carbocycles. The molecular weight excluding hydrogens is 426 g/mol. The number of nitrogens with one attached hydrogen (secondary N) is 1. The highest BCUT2D eigenvalue weighted by atomic mass is 16.5. The quantitative estimate of drug-likeness (QED) is 0.295. The molecule has 0 aliphatic rings. The molecule has 4 rings (SSSR count). The number of amides is 1. The fourth-order valence-electron chi connectivity index (χ4n) is 3.94. The standard InChI is InChI=1S/C28H31N3O3/c1-33-23-15-17-24(18-16-23)34-21-8-7-20-31-26-13-6-5-12-25(26)30-27(31)14-9-19-29-28(32)22-10-3-2-4-11-22/h2-6,10-13,15-18H,7-9,14,19-21H2,1H3,(H,29,32). The molecule has 176 valence electrons. The molecule has 1 aromatic heterocycles. The van der Waals surface area contributed by atoms with Crippen LogP contribution in [0.15, 0.2) is 78.9 Å². The number of nitrogens with zero attached hydrogens (tertiary/aromatic N) is 2. The Morgan fingerprint density at radius 3 is 2.41 bits per heavy atom. The molecule has 0 radical (unpaired) electrons. The second-order valence-electron chi connectivity index (χ2n) is 8.12. The van der Waals surface area contributed by atoms with Crippen LogP contribution >= 0.6 is 0 Å². The van der Waals surface area contributed by atoms with Gasteiger partial charge in [0.25, 0.3) is 5.91 Å². The number of imidazole rings is 1. The summed E-state index contributed by atoms with van der Waals surface area (Å²) in [6.45, 7) is 2.17. The molecule has 0 unspecified atom stereocenters. The highest BCUT2D eigenvalue weighted by Gasteiger charge is 2.11. The molecule has 34 heavy (non-hydrogen) atoms. The van der Waals surface area contributed by atoms with Crippen molar-refractivity contribution < 1.29 is 14.3 Å². The van der Waals surface area contributed by atoms with Gasteiger partial charge in [0.1, 0.15) is 17.3 Å². The fourth-order valence-corrected chi connectivity index (χ4v) is 3.94. The zero-order valence-electron chi connectivity index (χ0n) is 19.6. The van der Waals surface area contributed by atoms with Crippen LogP contribution in [0, 0.1) is 0 Å². The average molecular weight is 458 g/mol. The van der Waals surface area contributed by atoms with Gasteiger partial charge in [-0.15, -0.1) is 0 Å². The van der Waals surface area contributed by atoms with Gasteiger partial charge in [-0.3, -0.25) is 4.79 Å². The number of unbranched alkanes of at least 4 members (excludes halogenated alkanes) is 1. The van der Waals surface area contributed by atoms with Crippen molar-refractivity contribution in [3.8, 4) is 11.5 Å². The zero-order chi connectivity index (χ0) is 23.6. The van der Waals surface area contributed by atoms with Crippen molar-refractivity contribution in [2.45, 2.75) is 32.2 Å². The van der Waals surface area contributed by atoms with Gasteiger partial charge in [-0.2, -0.15) is 0 Å². The summed E-state index contributed by atoms with van der Waals surface area (Å²) in [5, 5.41) is 3.00. The second kappa shape index (κ2) is 11.9. The summed E-state index contributed by atoms with van der Waals surface area (Å²) in [4.78, 5) is 17.1. The summed E-state index contributed by atoms with van der Waals surface area (Å²) in [5.41, 5.74) is 2.86. The lowest BCUT2D eigenvalue weighted by Crippen LogP contribution is -2.24. The minimum atomic E-state index is -0.0361. The van der Waals surface area contributed by atoms with Crippen LogP contribution < -0.4 is 14.8 Å². The minimum Gasteiger partial charge on any atom is -0.497 e. The molecule has 6 heteroatoms. The summed E-state index contributed by atoms with van der Waals surface area (Å²) < 4.78 is 13.3. The normalized spacial score (nSPS) is 10.9. The summed E-state index contributed by atoms with van der Waals surface area (Å²) in [5.74, 6) is 2.70. The van der Waals surface area contributed by atoms with Crippen molar-refractivity contribution >= 4 is 16.9 Å². The Balaban J connectivity index is 1.27. The molecule has 1 N–H and O–H groups in total. The van der Waals surface area contributed by atoms with Crippen molar-refractivity contribution in [3.05, 3.63) is 90.3 Å². The van der Waals surface area contributed by atoms with Gasteiger partial charge in [-0.05, 0) is 67.8 Å². The third-order valence-corrected chi connectivity index (χ3v) is 5.74. The van der Waals surface area contributed by atoms with Crippen molar-refractivity contribution in [1.29, 1.82) is 0 Å². The van der Waals surface area contributed by atoms with Crippen LogP contribution in [0.4, 0.5) is 0 Å². The van der Waals surface area contributed by atoms with E-state index in [2.05, 4.69) is 28.1 Å². The Bertz CT molecular complexity index is 1190. The van der Waals surface area contributed by atoms with Gasteiger partial charge < -0.3 is 19.4 Å². The Hall–Kier alpha value is -3.80. The van der Waals surface area contributed by atoms with E-state index in [9.17, 15) is 4.79 Å². The first kappa shape index (κ1) is 23.4. The Morgan fingerprint density at radius 2 is 1.62 bits per heavy atom. The second-order valence-corrected chi connectivity index (χ2v) is 8.12. The number of aryl methyl sites for hydroxylation is 2. The lowest BCUT2D eigenvalue weighted by Gasteiger charge is -2.11. The molecule has 0 bridgehead atoms. The molecular formula is C28H31N3O3. The van der Waals surface area contributed by atoms with Crippen LogP contribution in [0.3, 0.4) is 0 Å². The molecule has 0 spiro atoms. The highest BCUT2D eigenvalue weighted by Crippen LogP contribution is 2.19. The SMILES string of the molecule is COc1ccc(OCCCCn2c(CCCNC(=O)c3ccccc3)nc3ccccc32)cc1. The van der Waals surface area contributed by atoms with Crippen molar-refractivity contribution in [2.24, 2.45) is 0 Å². The first-order chi connectivity index (χ1) is 16.7. The largest absolute Gasteiger partial charge is 0.497 e. The maximum absolute atomic E-state index is 12.3. The van der Waals surface area contributed by atoms with Gasteiger partial charge in [-0.25, -0.2) is 4.98 Å². The Morgan fingerprint density at radius 1 is 0.882 bits per heavy atom. The monoisotopic (exact) mass is 457 g/mol. The maximum atomic E-state index is 12.3. The fraction of sp³-hybridized carbons (Fsp3) is 0.286. The van der Waals surface area contributed by atoms with Gasteiger partial charge in [0.2, 0.25) is 0 Å². The number of benzene rings is 3. The molecule has 0 fully saturated rings. The van der Waals surface area contributed by atoms with Crippen LogP contribution in [0.2, 0.25) is 0 Å². The van der Waals surface area contributed by atoms with Gasteiger partial charge in [0, 0.05) is 25.1 Å². The molecule has 0 saturated heterocycles. The first-order valence-electron chi connectivity index (χ1n) is 11.8. The van der Waals surface area contributed by atoms with E-state index in [0.717, 1.165) is 60.6 Å². The third-order valence-electron chi connectivity index (χ3n) is 5.74. The van der Waals surface area contributed by atoms with Crippen LogP contribution in [-0.4, -0.2) is 35.7 Å². The van der Waals surface area contributed by atoms with Crippen LogP contribution in [0.5, 0.6) is 11.5 Å². The number of fused-ring (bicyclic) bond motifs is 1. The van der Waals surface area contributed by atoms with E-state index in [1.165, 1.54) is 0 Å². The molecule has 3 aromatic carbocycles. The molecule has 6 nitrogen and oxygen atoms in total. The van der Waals surface area contributed by atoms with Crippen molar-refractivity contribution in [2.75, 3.05) is 20.3 Å². The minimum absolute atomic E-state index is 0.0361. The predicted molar refractivity (Wildman–Crippen MR) is 135 cm³/mol. The van der Waals surface area contributed by atoms with E-state index in [1.54, 1.807) is 7.11 Å². The number of aromatic nitrogens is 2.